The fourth-order valence-corrected chi connectivity index (χ4v) is 0.987. The van der Waals surface area contributed by atoms with Crippen molar-refractivity contribution in [2.45, 2.75) is 26.2 Å². The fraction of sp³-hybridized carbons (Fsp3) is 0.778. The lowest BCUT2D eigenvalue weighted by atomic mass is 10.3. The van der Waals surface area contributed by atoms with E-state index >= 15 is 0 Å². The number of nitrogens with one attached hydrogen (secondary N) is 1. The van der Waals surface area contributed by atoms with Crippen molar-refractivity contribution in [1.29, 1.82) is 0 Å². The zero-order valence-electron chi connectivity index (χ0n) is 8.35. The van der Waals surface area contributed by atoms with Crippen LogP contribution in [0, 0.1) is 0 Å². The zero-order chi connectivity index (χ0) is 10.8. The molecule has 0 aromatic carbocycles. The van der Waals surface area contributed by atoms with Crippen LogP contribution in [0.4, 0.5) is 0 Å². The summed E-state index contributed by atoms with van der Waals surface area (Å²) in [6.07, 6.45) is 1.29. The summed E-state index contributed by atoms with van der Waals surface area (Å²) in [7, 11) is 0. The van der Waals surface area contributed by atoms with E-state index in [0.717, 1.165) is 0 Å². The van der Waals surface area contributed by atoms with Gasteiger partial charge in [0.2, 0.25) is 5.91 Å². The number of ether oxygens (including phenoxy) is 1. The van der Waals surface area contributed by atoms with Gasteiger partial charge in [0.05, 0.1) is 13.0 Å². The van der Waals surface area contributed by atoms with Crippen molar-refractivity contribution in [3.8, 4) is 0 Å². The molecule has 0 atom stereocenters. The fourth-order valence-electron chi connectivity index (χ4n) is 0.853. The molecule has 0 aliphatic carbocycles. The van der Waals surface area contributed by atoms with Crippen LogP contribution < -0.4 is 5.32 Å². The number of alkyl halides is 1. The number of amides is 1. The van der Waals surface area contributed by atoms with E-state index < -0.39 is 0 Å². The minimum atomic E-state index is -0.287. The van der Waals surface area contributed by atoms with Crippen LogP contribution in [-0.2, 0) is 14.3 Å². The Morgan fingerprint density at radius 2 is 2.07 bits per heavy atom. The topological polar surface area (TPSA) is 55.4 Å². The van der Waals surface area contributed by atoms with E-state index in [4.69, 9.17) is 16.3 Å². The number of halogens is 1. The summed E-state index contributed by atoms with van der Waals surface area (Å²) >= 11 is 5.42. The van der Waals surface area contributed by atoms with Gasteiger partial charge in [0.25, 0.3) is 0 Å². The summed E-state index contributed by atoms with van der Waals surface area (Å²) in [5, 5.41) is 2.61. The highest BCUT2D eigenvalue weighted by atomic mass is 35.5. The first-order valence-corrected chi connectivity index (χ1v) is 5.22. The molecule has 1 N–H and O–H groups in total. The first-order chi connectivity index (χ1) is 6.70. The van der Waals surface area contributed by atoms with Gasteiger partial charge in [-0.1, -0.05) is 0 Å². The summed E-state index contributed by atoms with van der Waals surface area (Å²) in [5.74, 6) is 0.116. The standard InChI is InChI=1S/C9H16ClNO3/c1-2-14-9(13)5-7-11-8(12)4-3-6-10/h2-7H2,1H3,(H,11,12). The minimum absolute atomic E-state index is 0.0741. The van der Waals surface area contributed by atoms with Gasteiger partial charge in [-0.2, -0.15) is 0 Å². The predicted molar refractivity (Wildman–Crippen MR) is 54.2 cm³/mol. The van der Waals surface area contributed by atoms with E-state index in [0.29, 0.717) is 31.9 Å². The van der Waals surface area contributed by atoms with Crippen LogP contribution in [0.2, 0.25) is 0 Å². The predicted octanol–water partition coefficient (Wildman–Crippen LogP) is 1.07. The lowest BCUT2D eigenvalue weighted by Gasteiger charge is -2.03. The Morgan fingerprint density at radius 3 is 2.64 bits per heavy atom. The van der Waals surface area contributed by atoms with E-state index in [1.54, 1.807) is 6.92 Å². The second-order valence-corrected chi connectivity index (χ2v) is 3.08. The number of carbonyl (C=O) groups excluding carboxylic acids is 2. The van der Waals surface area contributed by atoms with E-state index in [2.05, 4.69) is 5.32 Å². The molecule has 4 nitrogen and oxygen atoms in total. The number of hydrogen-bond donors (Lipinski definition) is 1. The minimum Gasteiger partial charge on any atom is -0.466 e. The highest BCUT2D eigenvalue weighted by Crippen LogP contribution is 1.91. The second kappa shape index (κ2) is 8.81. The summed E-state index contributed by atoms with van der Waals surface area (Å²) in [6.45, 7) is 2.45. The van der Waals surface area contributed by atoms with Gasteiger partial charge in [0, 0.05) is 18.8 Å². The van der Waals surface area contributed by atoms with Crippen molar-refractivity contribution in [3.63, 3.8) is 0 Å². The molecule has 0 heterocycles. The van der Waals surface area contributed by atoms with E-state index in [9.17, 15) is 9.59 Å². The number of esters is 1. The maximum atomic E-state index is 11.0. The van der Waals surface area contributed by atoms with E-state index in [1.807, 2.05) is 0 Å². The van der Waals surface area contributed by atoms with Gasteiger partial charge in [-0.3, -0.25) is 9.59 Å². The average molecular weight is 222 g/mol. The Morgan fingerprint density at radius 1 is 1.36 bits per heavy atom. The van der Waals surface area contributed by atoms with Gasteiger partial charge in [-0.15, -0.1) is 11.6 Å². The van der Waals surface area contributed by atoms with Crippen LogP contribution in [0.1, 0.15) is 26.2 Å². The van der Waals surface area contributed by atoms with Crippen LogP contribution in [-0.4, -0.2) is 30.9 Å². The summed E-state index contributed by atoms with van der Waals surface area (Å²) in [4.78, 5) is 21.9. The molecule has 1 amide bonds. The average Bonchev–Trinajstić information content (AvgIpc) is 2.15. The third-order valence-electron chi connectivity index (χ3n) is 1.49. The Labute approximate surface area is 88.9 Å². The molecule has 0 saturated heterocycles. The normalized spacial score (nSPS) is 9.57. The van der Waals surface area contributed by atoms with Gasteiger partial charge < -0.3 is 10.1 Å². The van der Waals surface area contributed by atoms with Gasteiger partial charge >= 0.3 is 5.97 Å². The quantitative estimate of drug-likeness (QED) is 0.517. The van der Waals surface area contributed by atoms with Gasteiger partial charge in [-0.05, 0) is 13.3 Å². The molecule has 14 heavy (non-hydrogen) atoms. The van der Waals surface area contributed by atoms with Gasteiger partial charge in [0.15, 0.2) is 0 Å². The molecular formula is C9H16ClNO3. The molecule has 5 heteroatoms. The Bertz CT molecular complexity index is 185. The van der Waals surface area contributed by atoms with Crippen LogP contribution in [0.3, 0.4) is 0 Å². The molecule has 0 spiro atoms. The highest BCUT2D eigenvalue weighted by Gasteiger charge is 2.03. The maximum Gasteiger partial charge on any atom is 0.307 e. The lowest BCUT2D eigenvalue weighted by Crippen LogP contribution is -2.26. The Balaban J connectivity index is 3.34. The number of hydrogen-bond acceptors (Lipinski definition) is 3. The van der Waals surface area contributed by atoms with Crippen LogP contribution >= 0.6 is 11.6 Å². The number of carbonyl (C=O) groups is 2. The molecule has 0 bridgehead atoms. The molecule has 0 saturated carbocycles. The molecular weight excluding hydrogens is 206 g/mol. The molecule has 0 aromatic heterocycles. The Hall–Kier alpha value is -0.770. The smallest absolute Gasteiger partial charge is 0.307 e. The van der Waals surface area contributed by atoms with Crippen molar-refractivity contribution >= 4 is 23.5 Å². The molecule has 82 valence electrons. The highest BCUT2D eigenvalue weighted by molar-refractivity contribution is 6.17. The monoisotopic (exact) mass is 221 g/mol. The molecule has 0 rings (SSSR count). The Kier molecular flexibility index (Phi) is 8.33. The van der Waals surface area contributed by atoms with Crippen molar-refractivity contribution in [1.82, 2.24) is 5.32 Å². The van der Waals surface area contributed by atoms with Gasteiger partial charge in [-0.25, -0.2) is 0 Å². The van der Waals surface area contributed by atoms with Crippen LogP contribution in [0.15, 0.2) is 0 Å². The first-order valence-electron chi connectivity index (χ1n) is 4.69. The van der Waals surface area contributed by atoms with E-state index in [1.165, 1.54) is 0 Å². The maximum absolute atomic E-state index is 11.0. The summed E-state index contributed by atoms with van der Waals surface area (Å²) in [5.41, 5.74) is 0. The third-order valence-corrected chi connectivity index (χ3v) is 1.76. The molecule has 0 fully saturated rings. The van der Waals surface area contributed by atoms with Crippen molar-refractivity contribution in [2.24, 2.45) is 0 Å². The summed E-state index contributed by atoms with van der Waals surface area (Å²) < 4.78 is 4.69. The molecule has 0 unspecified atom stereocenters. The molecule has 0 radical (unpaired) electrons. The lowest BCUT2D eigenvalue weighted by molar-refractivity contribution is -0.143. The SMILES string of the molecule is CCOC(=O)CCNC(=O)CCCCl. The second-order valence-electron chi connectivity index (χ2n) is 2.70. The molecule has 0 aromatic rings. The van der Waals surface area contributed by atoms with Crippen LogP contribution in [0.25, 0.3) is 0 Å². The molecule has 0 aliphatic rings. The largest absolute Gasteiger partial charge is 0.466 e. The van der Waals surface area contributed by atoms with Crippen molar-refractivity contribution in [3.05, 3.63) is 0 Å². The van der Waals surface area contributed by atoms with Crippen molar-refractivity contribution < 1.29 is 14.3 Å². The summed E-state index contributed by atoms with van der Waals surface area (Å²) in [6, 6.07) is 0. The molecule has 0 aliphatic heterocycles. The third kappa shape index (κ3) is 7.86. The number of rotatable bonds is 7. The first kappa shape index (κ1) is 13.2. The van der Waals surface area contributed by atoms with Crippen LogP contribution in [0.5, 0.6) is 0 Å². The van der Waals surface area contributed by atoms with E-state index in [-0.39, 0.29) is 18.3 Å². The zero-order valence-corrected chi connectivity index (χ0v) is 9.10. The van der Waals surface area contributed by atoms with Gasteiger partial charge in [0.1, 0.15) is 0 Å². The van der Waals surface area contributed by atoms with Crippen molar-refractivity contribution in [2.75, 3.05) is 19.0 Å².